The Morgan fingerprint density at radius 2 is 1.91 bits per heavy atom. The number of rotatable bonds is 7. The minimum absolute atomic E-state index is 0.0190. The van der Waals surface area contributed by atoms with E-state index in [1.54, 1.807) is 25.7 Å². The Balaban J connectivity index is 2.02. The van der Waals surface area contributed by atoms with Gasteiger partial charge in [-0.05, 0) is 50.8 Å². The lowest BCUT2D eigenvalue weighted by Crippen LogP contribution is -2.45. The number of amides is 1. The Morgan fingerprint density at radius 1 is 1.26 bits per heavy atom. The number of sulfonamides is 1. The highest BCUT2D eigenvalue weighted by molar-refractivity contribution is 7.92. The molecule has 10 nitrogen and oxygen atoms in total. The fourth-order valence-corrected chi connectivity index (χ4v) is 6.41. The smallest absolute Gasteiger partial charge is 0.342 e. The first-order valence-electron chi connectivity index (χ1n) is 11.1. The maximum absolute atomic E-state index is 13.8. The van der Waals surface area contributed by atoms with Crippen LogP contribution in [0.25, 0.3) is 0 Å². The lowest BCUT2D eigenvalue weighted by Gasteiger charge is -2.32. The zero-order valence-electron chi connectivity index (χ0n) is 20.6. The molecule has 1 amide bonds. The van der Waals surface area contributed by atoms with E-state index in [0.717, 1.165) is 6.26 Å². The summed E-state index contributed by atoms with van der Waals surface area (Å²) in [6.45, 7) is 11.7. The quantitative estimate of drug-likeness (QED) is 0.424. The summed E-state index contributed by atoms with van der Waals surface area (Å²) in [7, 11) is -7.45. The fourth-order valence-electron chi connectivity index (χ4n) is 4.02. The molecule has 1 aromatic rings. The molecule has 0 saturated carbocycles. The summed E-state index contributed by atoms with van der Waals surface area (Å²) in [5, 5.41) is 3.15. The van der Waals surface area contributed by atoms with E-state index in [4.69, 9.17) is 4.52 Å². The molecule has 0 spiro atoms. The van der Waals surface area contributed by atoms with Gasteiger partial charge < -0.3 is 14.7 Å². The predicted molar refractivity (Wildman–Crippen MR) is 133 cm³/mol. The third kappa shape index (κ3) is 5.21. The topological polar surface area (TPSA) is 134 Å². The highest BCUT2D eigenvalue weighted by Crippen LogP contribution is 2.53. The van der Waals surface area contributed by atoms with Gasteiger partial charge >= 0.3 is 7.52 Å². The molecule has 1 aromatic carbocycles. The largest absolute Gasteiger partial charge is 0.348 e. The van der Waals surface area contributed by atoms with Crippen LogP contribution in [0.15, 0.2) is 23.0 Å². The molecule has 0 bridgehead atoms. The molecule has 12 heteroatoms. The van der Waals surface area contributed by atoms with Crippen molar-refractivity contribution >= 4 is 51.7 Å². The van der Waals surface area contributed by atoms with Gasteiger partial charge in [0.15, 0.2) is 11.7 Å². The van der Waals surface area contributed by atoms with Gasteiger partial charge in [0.2, 0.25) is 15.9 Å². The van der Waals surface area contributed by atoms with Crippen LogP contribution in [0.5, 0.6) is 0 Å². The van der Waals surface area contributed by atoms with Gasteiger partial charge in [-0.25, -0.2) is 8.42 Å². The summed E-state index contributed by atoms with van der Waals surface area (Å²) in [5.41, 5.74) is -0.535. The Bertz CT molecular complexity index is 1200. The van der Waals surface area contributed by atoms with E-state index in [-0.39, 0.29) is 34.6 Å². The molecule has 0 aliphatic carbocycles. The Kier molecular flexibility index (Phi) is 6.80. The predicted octanol–water partition coefficient (Wildman–Crippen LogP) is 2.98. The lowest BCUT2D eigenvalue weighted by molar-refractivity contribution is -0.132. The third-order valence-electron chi connectivity index (χ3n) is 5.82. The van der Waals surface area contributed by atoms with E-state index in [1.807, 2.05) is 0 Å². The van der Waals surface area contributed by atoms with Gasteiger partial charge in [-0.1, -0.05) is 20.8 Å². The number of nitrogens with one attached hydrogen (secondary N) is 2. The molecule has 2 heterocycles. The molecule has 2 aliphatic rings. The minimum atomic E-state index is -3.89. The van der Waals surface area contributed by atoms with Crippen LogP contribution in [0.4, 0.5) is 11.4 Å². The first-order valence-corrected chi connectivity index (χ1v) is 14.6. The summed E-state index contributed by atoms with van der Waals surface area (Å²) in [6.07, 6.45) is 1.71. The number of hydrogen-bond donors (Lipinski definition) is 2. The van der Waals surface area contributed by atoms with Crippen molar-refractivity contribution in [3.05, 3.63) is 18.2 Å². The zero-order valence-corrected chi connectivity index (χ0v) is 22.3. The first kappa shape index (κ1) is 26.4. The first-order chi connectivity index (χ1) is 15.5. The average molecular weight is 513 g/mol. The molecule has 2 atom stereocenters. The molecule has 1 saturated heterocycles. The van der Waals surface area contributed by atoms with Crippen LogP contribution >= 0.6 is 7.52 Å². The van der Waals surface area contributed by atoms with Crippen LogP contribution in [0.2, 0.25) is 0 Å². The van der Waals surface area contributed by atoms with E-state index in [9.17, 15) is 22.6 Å². The number of carbonyl (C=O) groups is 2. The fraction of sp³-hybridized carbons (Fsp3) is 0.591. The summed E-state index contributed by atoms with van der Waals surface area (Å²) >= 11 is 0. The summed E-state index contributed by atoms with van der Waals surface area (Å²) < 4.78 is 49.2. The van der Waals surface area contributed by atoms with Crippen molar-refractivity contribution in [1.82, 2.24) is 4.90 Å². The third-order valence-corrected chi connectivity index (χ3v) is 8.50. The number of benzene rings is 1. The number of anilines is 2. The van der Waals surface area contributed by atoms with Crippen molar-refractivity contribution in [2.45, 2.75) is 53.5 Å². The van der Waals surface area contributed by atoms with Crippen LogP contribution in [-0.2, 0) is 28.7 Å². The Labute approximate surface area is 201 Å². The zero-order chi connectivity index (χ0) is 25.7. The van der Waals surface area contributed by atoms with Crippen molar-refractivity contribution in [2.75, 3.05) is 29.4 Å². The number of carbonyl (C=O) groups excluding carboxylic acids is 2. The molecular weight excluding hydrogens is 479 g/mol. The standard InChI is InChI=1S/C22H33N4O6PS/c1-8-32-33(29)16-13-14(25-34(7,30)31)9-10-15(16)23-19(24-33)17-18(27)22(5,6)26(20(17)28)12-11-21(2,3)4/h9-10,13,17,25H,8,11-12H2,1-7H3,(H,23,24,29). The average Bonchev–Trinajstić information content (AvgIpc) is 2.83. The minimum Gasteiger partial charge on any atom is -0.342 e. The summed E-state index contributed by atoms with van der Waals surface area (Å²) in [4.78, 5) is 28.4. The van der Waals surface area contributed by atoms with Crippen molar-refractivity contribution in [3.8, 4) is 0 Å². The van der Waals surface area contributed by atoms with E-state index in [0.29, 0.717) is 18.7 Å². The van der Waals surface area contributed by atoms with Crippen molar-refractivity contribution in [3.63, 3.8) is 0 Å². The van der Waals surface area contributed by atoms with Gasteiger partial charge in [0.05, 0.1) is 29.4 Å². The second-order valence-electron chi connectivity index (χ2n) is 10.3. The highest BCUT2D eigenvalue weighted by atomic mass is 32.2. The number of fused-ring (bicyclic) bond motifs is 1. The van der Waals surface area contributed by atoms with Crippen LogP contribution in [0, 0.1) is 11.3 Å². The molecule has 0 radical (unpaired) electrons. The van der Waals surface area contributed by atoms with Gasteiger partial charge in [-0.15, -0.1) is 0 Å². The van der Waals surface area contributed by atoms with Gasteiger partial charge in [-0.2, -0.15) is 4.76 Å². The van der Waals surface area contributed by atoms with Gasteiger partial charge in [0.25, 0.3) is 0 Å². The number of likely N-dealkylation sites (tertiary alicyclic amines) is 1. The summed E-state index contributed by atoms with van der Waals surface area (Å²) in [5.74, 6) is -1.98. The second-order valence-corrected chi connectivity index (χ2v) is 14.0. The molecule has 2 unspecified atom stereocenters. The highest BCUT2D eigenvalue weighted by Gasteiger charge is 2.55. The number of nitrogens with zero attached hydrogens (tertiary/aromatic N) is 2. The Morgan fingerprint density at radius 3 is 2.47 bits per heavy atom. The molecule has 34 heavy (non-hydrogen) atoms. The number of ketones is 1. The van der Waals surface area contributed by atoms with Crippen LogP contribution in [-0.4, -0.2) is 55.8 Å². The molecule has 2 aliphatic heterocycles. The van der Waals surface area contributed by atoms with Crippen LogP contribution < -0.4 is 15.3 Å². The molecule has 0 aromatic heterocycles. The number of hydrogen-bond acceptors (Lipinski definition) is 7. The van der Waals surface area contributed by atoms with E-state index < -0.39 is 34.9 Å². The lowest BCUT2D eigenvalue weighted by atomic mass is 9.90. The van der Waals surface area contributed by atoms with Gasteiger partial charge in [0, 0.05) is 12.2 Å². The van der Waals surface area contributed by atoms with Crippen molar-refractivity contribution in [2.24, 2.45) is 16.1 Å². The molecule has 3 rings (SSSR count). The molecule has 2 N–H and O–H groups in total. The number of amidine groups is 1. The molecule has 188 valence electrons. The van der Waals surface area contributed by atoms with Gasteiger partial charge in [-0.3, -0.25) is 18.9 Å². The van der Waals surface area contributed by atoms with Crippen LogP contribution in [0.3, 0.4) is 0 Å². The monoisotopic (exact) mass is 512 g/mol. The molecular formula is C22H33N4O6PS. The second kappa shape index (κ2) is 8.77. The maximum atomic E-state index is 13.8. The van der Waals surface area contributed by atoms with E-state index >= 15 is 0 Å². The van der Waals surface area contributed by atoms with Crippen LogP contribution in [0.1, 0.15) is 48.0 Å². The van der Waals surface area contributed by atoms with Crippen molar-refractivity contribution < 1.29 is 27.1 Å². The normalized spacial score (nSPS) is 24.5. The Hall–Kier alpha value is -2.23. The number of Topliss-reactive ketones (excluding diaryl/α,β-unsaturated/α-hetero) is 1. The molecule has 1 fully saturated rings. The summed E-state index contributed by atoms with van der Waals surface area (Å²) in [6, 6.07) is 4.40. The van der Waals surface area contributed by atoms with Gasteiger partial charge in [0.1, 0.15) is 5.84 Å². The van der Waals surface area contributed by atoms with E-state index in [1.165, 1.54) is 18.2 Å². The van der Waals surface area contributed by atoms with Crippen molar-refractivity contribution in [1.29, 1.82) is 0 Å². The maximum Gasteiger partial charge on any atom is 0.348 e. The SMILES string of the molecule is CCOP1(=O)N=C(C2C(=O)N(CCC(C)(C)C)C(C)(C)C2=O)Nc2ccc(NS(C)(=O)=O)cc21. The van der Waals surface area contributed by atoms with E-state index in [2.05, 4.69) is 35.6 Å².